The van der Waals surface area contributed by atoms with E-state index in [1.54, 1.807) is 6.07 Å². The third-order valence-electron chi connectivity index (χ3n) is 2.37. The number of aromatic nitrogens is 2. The largest absolute Gasteiger partial charge is 0.466 e. The molecule has 0 unspecified atom stereocenters. The van der Waals surface area contributed by atoms with Gasteiger partial charge in [-0.05, 0) is 12.1 Å². The van der Waals surface area contributed by atoms with Crippen molar-refractivity contribution in [3.63, 3.8) is 0 Å². The normalized spacial score (nSPS) is 10.9. The van der Waals surface area contributed by atoms with Crippen LogP contribution in [0.3, 0.4) is 0 Å². The number of ether oxygens (including phenoxy) is 1. The maximum absolute atomic E-state index is 11.0. The van der Waals surface area contributed by atoms with E-state index in [-0.39, 0.29) is 5.69 Å². The van der Waals surface area contributed by atoms with Crippen LogP contribution in [-0.2, 0) is 9.53 Å². The van der Waals surface area contributed by atoms with Crippen molar-refractivity contribution in [3.05, 3.63) is 40.1 Å². The molecule has 0 fully saturated rings. The zero-order valence-electron chi connectivity index (χ0n) is 9.41. The Kier molecular flexibility index (Phi) is 3.05. The van der Waals surface area contributed by atoms with Crippen LogP contribution in [0.2, 0.25) is 0 Å². The number of methoxy groups -OCH3 is 1. The molecule has 0 radical (unpaired) electrons. The SMILES string of the molecule is COC(=O)C=Cc1[nH]nc2ccc([N+](=O)[O-])cc12. The van der Waals surface area contributed by atoms with Crippen molar-refractivity contribution < 1.29 is 14.5 Å². The highest BCUT2D eigenvalue weighted by atomic mass is 16.6. The number of esters is 1. The van der Waals surface area contributed by atoms with Gasteiger partial charge in [0.25, 0.3) is 5.69 Å². The number of hydrogen-bond acceptors (Lipinski definition) is 5. The first-order chi connectivity index (χ1) is 8.61. The lowest BCUT2D eigenvalue weighted by Crippen LogP contribution is -1.93. The topological polar surface area (TPSA) is 98.1 Å². The number of fused-ring (bicyclic) bond motifs is 1. The summed E-state index contributed by atoms with van der Waals surface area (Å²) in [5, 5.41) is 17.9. The second kappa shape index (κ2) is 4.66. The first-order valence-electron chi connectivity index (χ1n) is 5.00. The molecule has 1 N–H and O–H groups in total. The predicted octanol–water partition coefficient (Wildman–Crippen LogP) is 1.66. The summed E-state index contributed by atoms with van der Waals surface area (Å²) in [4.78, 5) is 21.2. The molecule has 18 heavy (non-hydrogen) atoms. The van der Waals surface area contributed by atoms with Crippen LogP contribution in [0.1, 0.15) is 5.69 Å². The molecule has 1 aromatic carbocycles. The van der Waals surface area contributed by atoms with Gasteiger partial charge in [0, 0.05) is 23.6 Å². The van der Waals surface area contributed by atoms with Crippen molar-refractivity contribution in [1.82, 2.24) is 10.2 Å². The monoisotopic (exact) mass is 247 g/mol. The van der Waals surface area contributed by atoms with Gasteiger partial charge in [-0.2, -0.15) is 5.10 Å². The van der Waals surface area contributed by atoms with Crippen LogP contribution in [0.4, 0.5) is 5.69 Å². The van der Waals surface area contributed by atoms with Gasteiger partial charge in [-0.25, -0.2) is 4.79 Å². The minimum absolute atomic E-state index is 0.0309. The fraction of sp³-hybridized carbons (Fsp3) is 0.0909. The molecule has 0 saturated heterocycles. The number of benzene rings is 1. The number of carbonyl (C=O) groups is 1. The van der Waals surface area contributed by atoms with Crippen LogP contribution in [0.25, 0.3) is 17.0 Å². The summed E-state index contributed by atoms with van der Waals surface area (Å²) in [6.45, 7) is 0. The molecular weight excluding hydrogens is 238 g/mol. The Bertz CT molecular complexity index is 645. The number of H-pyrrole nitrogens is 1. The van der Waals surface area contributed by atoms with Crippen molar-refractivity contribution >= 4 is 28.6 Å². The van der Waals surface area contributed by atoms with Crippen molar-refractivity contribution in [1.29, 1.82) is 0 Å². The van der Waals surface area contributed by atoms with Crippen LogP contribution >= 0.6 is 0 Å². The van der Waals surface area contributed by atoms with Gasteiger partial charge in [0.15, 0.2) is 0 Å². The molecule has 0 aliphatic carbocycles. The molecule has 2 aromatic rings. The van der Waals surface area contributed by atoms with Crippen molar-refractivity contribution in [2.75, 3.05) is 7.11 Å². The highest BCUT2D eigenvalue weighted by molar-refractivity contribution is 5.93. The Hall–Kier alpha value is -2.70. The van der Waals surface area contributed by atoms with E-state index in [1.807, 2.05) is 0 Å². The second-order valence-electron chi connectivity index (χ2n) is 3.45. The van der Waals surface area contributed by atoms with E-state index in [1.165, 1.54) is 31.4 Å². The molecule has 1 aromatic heterocycles. The van der Waals surface area contributed by atoms with Crippen LogP contribution in [0.15, 0.2) is 24.3 Å². The zero-order chi connectivity index (χ0) is 13.1. The third-order valence-corrected chi connectivity index (χ3v) is 2.37. The van der Waals surface area contributed by atoms with E-state index in [4.69, 9.17) is 0 Å². The number of rotatable bonds is 3. The average Bonchev–Trinajstić information content (AvgIpc) is 2.78. The van der Waals surface area contributed by atoms with Gasteiger partial charge < -0.3 is 4.74 Å². The molecule has 0 amide bonds. The maximum atomic E-state index is 11.0. The minimum atomic E-state index is -0.511. The Morgan fingerprint density at radius 1 is 1.56 bits per heavy atom. The second-order valence-corrected chi connectivity index (χ2v) is 3.45. The first kappa shape index (κ1) is 11.8. The van der Waals surface area contributed by atoms with Crippen LogP contribution in [0, 0.1) is 10.1 Å². The van der Waals surface area contributed by atoms with Crippen LogP contribution in [-0.4, -0.2) is 28.2 Å². The number of hydrogen-bond donors (Lipinski definition) is 1. The smallest absolute Gasteiger partial charge is 0.330 e. The number of non-ortho nitro benzene ring substituents is 1. The molecule has 0 spiro atoms. The maximum Gasteiger partial charge on any atom is 0.330 e. The Morgan fingerprint density at radius 2 is 2.33 bits per heavy atom. The highest BCUT2D eigenvalue weighted by Crippen LogP contribution is 2.22. The van der Waals surface area contributed by atoms with Gasteiger partial charge in [0.1, 0.15) is 0 Å². The van der Waals surface area contributed by atoms with Gasteiger partial charge in [-0.3, -0.25) is 15.2 Å². The summed E-state index contributed by atoms with van der Waals surface area (Å²) in [6.07, 6.45) is 2.68. The summed E-state index contributed by atoms with van der Waals surface area (Å²) < 4.78 is 4.45. The average molecular weight is 247 g/mol. The van der Waals surface area contributed by atoms with E-state index in [0.29, 0.717) is 16.6 Å². The predicted molar refractivity (Wildman–Crippen MR) is 63.8 cm³/mol. The Balaban J connectivity index is 2.45. The molecule has 0 bridgehead atoms. The molecule has 92 valence electrons. The molecule has 7 nitrogen and oxygen atoms in total. The Morgan fingerprint density at radius 3 is 3.00 bits per heavy atom. The van der Waals surface area contributed by atoms with E-state index in [2.05, 4.69) is 14.9 Å². The number of aromatic amines is 1. The van der Waals surface area contributed by atoms with Gasteiger partial charge >= 0.3 is 5.97 Å². The third kappa shape index (κ3) is 2.19. The first-order valence-corrected chi connectivity index (χ1v) is 5.00. The van der Waals surface area contributed by atoms with E-state index >= 15 is 0 Å². The standard InChI is InChI=1S/C11H9N3O4/c1-18-11(15)5-4-10-8-6-7(14(16)17)2-3-9(8)12-13-10/h2-6H,1H3,(H,12,13). The fourth-order valence-electron chi connectivity index (χ4n) is 1.48. The molecule has 0 atom stereocenters. The quantitative estimate of drug-likeness (QED) is 0.385. The summed E-state index contributed by atoms with van der Waals surface area (Å²) in [5.41, 5.74) is 1.07. The van der Waals surface area contributed by atoms with Gasteiger partial charge in [0.2, 0.25) is 0 Å². The summed E-state index contributed by atoms with van der Waals surface area (Å²) >= 11 is 0. The van der Waals surface area contributed by atoms with Gasteiger partial charge in [-0.1, -0.05) is 0 Å². The number of nitrogens with zero attached hydrogens (tertiary/aromatic N) is 2. The lowest BCUT2D eigenvalue weighted by molar-refractivity contribution is -0.384. The molecule has 7 heteroatoms. The Labute approximate surface area is 101 Å². The summed E-state index contributed by atoms with van der Waals surface area (Å²) in [6, 6.07) is 4.31. The fourth-order valence-corrected chi connectivity index (χ4v) is 1.48. The number of nitrogens with one attached hydrogen (secondary N) is 1. The molecule has 0 saturated carbocycles. The molecule has 1 heterocycles. The van der Waals surface area contributed by atoms with Crippen molar-refractivity contribution in [3.8, 4) is 0 Å². The molecule has 0 aliphatic rings. The van der Waals surface area contributed by atoms with Gasteiger partial charge in [-0.15, -0.1) is 0 Å². The summed E-state index contributed by atoms with van der Waals surface area (Å²) in [5.74, 6) is -0.511. The van der Waals surface area contributed by atoms with E-state index in [0.717, 1.165) is 0 Å². The highest BCUT2D eigenvalue weighted by Gasteiger charge is 2.10. The molecule has 2 rings (SSSR count). The van der Waals surface area contributed by atoms with Gasteiger partial charge in [0.05, 0.1) is 23.2 Å². The summed E-state index contributed by atoms with van der Waals surface area (Å²) in [7, 11) is 1.27. The number of carbonyl (C=O) groups excluding carboxylic acids is 1. The molecular formula is C11H9N3O4. The van der Waals surface area contributed by atoms with Crippen LogP contribution in [0.5, 0.6) is 0 Å². The van der Waals surface area contributed by atoms with Crippen LogP contribution < -0.4 is 0 Å². The zero-order valence-corrected chi connectivity index (χ0v) is 9.41. The minimum Gasteiger partial charge on any atom is -0.466 e. The van der Waals surface area contributed by atoms with E-state index in [9.17, 15) is 14.9 Å². The lowest BCUT2D eigenvalue weighted by atomic mass is 10.2. The van der Waals surface area contributed by atoms with Crippen molar-refractivity contribution in [2.24, 2.45) is 0 Å². The molecule has 0 aliphatic heterocycles. The number of nitro groups is 1. The number of nitro benzene ring substituents is 1. The van der Waals surface area contributed by atoms with Crippen molar-refractivity contribution in [2.45, 2.75) is 0 Å². The van der Waals surface area contributed by atoms with E-state index < -0.39 is 10.9 Å². The lowest BCUT2D eigenvalue weighted by Gasteiger charge is -1.92.